The van der Waals surface area contributed by atoms with Gasteiger partial charge in [0.2, 0.25) is 0 Å². The molecule has 1 aliphatic rings. The van der Waals surface area contributed by atoms with Gasteiger partial charge >= 0.3 is 5.97 Å². The highest BCUT2D eigenvalue weighted by atomic mass is 16.5. The molecule has 37 heavy (non-hydrogen) atoms. The highest BCUT2D eigenvalue weighted by Gasteiger charge is 2.47. The lowest BCUT2D eigenvalue weighted by atomic mass is 9.94. The number of nitrogens with zero attached hydrogens (tertiary/aromatic N) is 1. The maximum atomic E-state index is 13.5. The van der Waals surface area contributed by atoms with Crippen LogP contribution in [0.5, 0.6) is 11.5 Å². The summed E-state index contributed by atoms with van der Waals surface area (Å²) in [6.07, 6.45) is 0. The molecule has 190 valence electrons. The zero-order chi connectivity index (χ0) is 26.7. The Kier molecular flexibility index (Phi) is 7.29. The molecule has 1 saturated heterocycles. The number of carbonyl (C=O) groups is 3. The predicted molar refractivity (Wildman–Crippen MR) is 138 cm³/mol. The number of ether oxygens (including phenoxy) is 3. The molecule has 8 heteroatoms. The number of anilines is 1. The van der Waals surface area contributed by atoms with Crippen molar-refractivity contribution in [3.8, 4) is 11.5 Å². The van der Waals surface area contributed by atoms with E-state index >= 15 is 0 Å². The topological polar surface area (TPSA) is 102 Å². The molecule has 4 rings (SSSR count). The van der Waals surface area contributed by atoms with Gasteiger partial charge in [0.25, 0.3) is 11.7 Å². The third-order valence-electron chi connectivity index (χ3n) is 6.12. The quantitative estimate of drug-likeness (QED) is 0.214. The Hall–Kier alpha value is -4.59. The first-order valence-corrected chi connectivity index (χ1v) is 11.7. The second-order valence-electron chi connectivity index (χ2n) is 8.42. The van der Waals surface area contributed by atoms with Gasteiger partial charge in [-0.05, 0) is 61.9 Å². The molecule has 0 spiro atoms. The van der Waals surface area contributed by atoms with E-state index in [-0.39, 0.29) is 23.5 Å². The van der Waals surface area contributed by atoms with E-state index in [1.807, 2.05) is 13.0 Å². The van der Waals surface area contributed by atoms with Gasteiger partial charge < -0.3 is 19.3 Å². The van der Waals surface area contributed by atoms with Crippen molar-refractivity contribution in [3.05, 3.63) is 94.6 Å². The average Bonchev–Trinajstić information content (AvgIpc) is 3.18. The molecule has 0 radical (unpaired) electrons. The van der Waals surface area contributed by atoms with Gasteiger partial charge in [-0.15, -0.1) is 0 Å². The number of amides is 1. The van der Waals surface area contributed by atoms with E-state index in [0.29, 0.717) is 28.3 Å². The van der Waals surface area contributed by atoms with E-state index in [1.54, 1.807) is 61.5 Å². The summed E-state index contributed by atoms with van der Waals surface area (Å²) in [5, 5.41) is 11.5. The molecule has 3 aromatic carbocycles. The van der Waals surface area contributed by atoms with Crippen molar-refractivity contribution >= 4 is 29.1 Å². The molecule has 1 fully saturated rings. The van der Waals surface area contributed by atoms with E-state index in [1.165, 1.54) is 25.2 Å². The van der Waals surface area contributed by atoms with Gasteiger partial charge in [-0.1, -0.05) is 29.8 Å². The van der Waals surface area contributed by atoms with E-state index in [2.05, 4.69) is 0 Å². The maximum Gasteiger partial charge on any atom is 0.338 e. The van der Waals surface area contributed by atoms with Crippen LogP contribution in [0.1, 0.15) is 40.0 Å². The van der Waals surface area contributed by atoms with Crippen LogP contribution in [-0.4, -0.2) is 43.6 Å². The van der Waals surface area contributed by atoms with Crippen LogP contribution in [-0.2, 0) is 14.3 Å². The fourth-order valence-corrected chi connectivity index (χ4v) is 4.35. The van der Waals surface area contributed by atoms with Crippen molar-refractivity contribution in [1.82, 2.24) is 0 Å². The van der Waals surface area contributed by atoms with Gasteiger partial charge in [0.05, 0.1) is 43.6 Å². The minimum atomic E-state index is -0.978. The smallest absolute Gasteiger partial charge is 0.338 e. The zero-order valence-electron chi connectivity index (χ0n) is 21.0. The molecule has 1 amide bonds. The number of carbonyl (C=O) groups excluding carboxylic acids is 3. The fourth-order valence-electron chi connectivity index (χ4n) is 4.35. The van der Waals surface area contributed by atoms with Gasteiger partial charge in [-0.3, -0.25) is 14.5 Å². The fraction of sp³-hybridized carbons (Fsp3) is 0.207. The Bertz CT molecular complexity index is 1390. The lowest BCUT2D eigenvalue weighted by Crippen LogP contribution is -2.29. The number of benzene rings is 3. The van der Waals surface area contributed by atoms with Crippen LogP contribution in [0.3, 0.4) is 0 Å². The molecule has 1 heterocycles. The lowest BCUT2D eigenvalue weighted by Gasteiger charge is -2.26. The lowest BCUT2D eigenvalue weighted by molar-refractivity contribution is -0.132. The molecular weight excluding hydrogens is 474 g/mol. The second kappa shape index (κ2) is 10.6. The minimum absolute atomic E-state index is 0.0967. The number of Topliss-reactive ketones (excluding diaryl/α,β-unsaturated/α-hetero) is 1. The molecule has 0 aromatic heterocycles. The Labute approximate surface area is 214 Å². The van der Waals surface area contributed by atoms with E-state index in [9.17, 15) is 19.5 Å². The molecule has 1 atom stereocenters. The predicted octanol–water partition coefficient (Wildman–Crippen LogP) is 4.82. The van der Waals surface area contributed by atoms with Crippen LogP contribution in [0.15, 0.2) is 72.3 Å². The van der Waals surface area contributed by atoms with Crippen molar-refractivity contribution in [2.45, 2.75) is 19.9 Å². The molecule has 0 saturated carbocycles. The number of aryl methyl sites for hydroxylation is 1. The standard InChI is InChI=1S/C29H27NO7/c1-5-37-29(34)19-7-6-8-20(16-19)30-25(18-10-12-21(35-3)13-11-18)24(27(32)28(30)33)26(31)22-15-17(2)9-14-23(22)36-4/h6-16,25,31H,5H2,1-4H3/b26-24+. The SMILES string of the molecule is CCOC(=O)c1cccc(N2C(=O)C(=O)/C(=C(/O)c3cc(C)ccc3OC)C2c2ccc(OC)cc2)c1. The highest BCUT2D eigenvalue weighted by molar-refractivity contribution is 6.51. The molecule has 1 N–H and O–H groups in total. The number of methoxy groups -OCH3 is 2. The van der Waals surface area contributed by atoms with Gasteiger partial charge in [0.15, 0.2) is 0 Å². The number of esters is 1. The summed E-state index contributed by atoms with van der Waals surface area (Å²) in [7, 11) is 2.99. The minimum Gasteiger partial charge on any atom is -0.507 e. The Morgan fingerprint density at radius 3 is 2.35 bits per heavy atom. The molecule has 0 aliphatic carbocycles. The van der Waals surface area contributed by atoms with Crippen LogP contribution < -0.4 is 14.4 Å². The Balaban J connectivity index is 1.95. The van der Waals surface area contributed by atoms with Gasteiger partial charge in [-0.2, -0.15) is 0 Å². The molecule has 1 aliphatic heterocycles. The van der Waals surface area contributed by atoms with E-state index in [4.69, 9.17) is 14.2 Å². The van der Waals surface area contributed by atoms with Crippen LogP contribution in [0, 0.1) is 6.92 Å². The highest BCUT2D eigenvalue weighted by Crippen LogP contribution is 2.43. The molecule has 8 nitrogen and oxygen atoms in total. The third kappa shape index (κ3) is 4.78. The third-order valence-corrected chi connectivity index (χ3v) is 6.12. The van der Waals surface area contributed by atoms with Crippen molar-refractivity contribution in [3.63, 3.8) is 0 Å². The Morgan fingerprint density at radius 2 is 1.70 bits per heavy atom. The number of aliphatic hydroxyl groups excluding tert-OH is 1. The average molecular weight is 502 g/mol. The van der Waals surface area contributed by atoms with Gasteiger partial charge in [0, 0.05) is 5.69 Å². The molecule has 0 bridgehead atoms. The maximum absolute atomic E-state index is 13.5. The number of rotatable bonds is 7. The summed E-state index contributed by atoms with van der Waals surface area (Å²) in [5.41, 5.74) is 2.13. The summed E-state index contributed by atoms with van der Waals surface area (Å²) in [6.45, 7) is 3.73. The van der Waals surface area contributed by atoms with Crippen LogP contribution in [0.2, 0.25) is 0 Å². The van der Waals surface area contributed by atoms with Gasteiger partial charge in [-0.25, -0.2) is 4.79 Å². The number of aliphatic hydroxyl groups is 1. The van der Waals surface area contributed by atoms with Crippen LogP contribution in [0.25, 0.3) is 5.76 Å². The molecular formula is C29H27NO7. The molecule has 3 aromatic rings. The van der Waals surface area contributed by atoms with Crippen LogP contribution >= 0.6 is 0 Å². The van der Waals surface area contributed by atoms with Crippen molar-refractivity contribution < 1.29 is 33.7 Å². The van der Waals surface area contributed by atoms with Crippen molar-refractivity contribution in [2.24, 2.45) is 0 Å². The Morgan fingerprint density at radius 1 is 0.973 bits per heavy atom. The summed E-state index contributed by atoms with van der Waals surface area (Å²) < 4.78 is 15.8. The zero-order valence-corrected chi connectivity index (χ0v) is 21.0. The second-order valence-corrected chi connectivity index (χ2v) is 8.42. The van der Waals surface area contributed by atoms with Crippen molar-refractivity contribution in [1.29, 1.82) is 0 Å². The molecule has 1 unspecified atom stereocenters. The summed E-state index contributed by atoms with van der Waals surface area (Å²) in [4.78, 5) is 40.5. The first-order valence-electron chi connectivity index (χ1n) is 11.7. The monoisotopic (exact) mass is 501 g/mol. The normalized spacial score (nSPS) is 16.5. The van der Waals surface area contributed by atoms with Crippen LogP contribution in [0.4, 0.5) is 5.69 Å². The summed E-state index contributed by atoms with van der Waals surface area (Å²) >= 11 is 0. The van der Waals surface area contributed by atoms with E-state index < -0.39 is 23.7 Å². The van der Waals surface area contributed by atoms with Crippen molar-refractivity contribution in [2.75, 3.05) is 25.7 Å². The summed E-state index contributed by atoms with van der Waals surface area (Å²) in [5.74, 6) is -1.66. The van der Waals surface area contributed by atoms with Gasteiger partial charge in [0.1, 0.15) is 17.3 Å². The first kappa shape index (κ1) is 25.5. The largest absolute Gasteiger partial charge is 0.507 e. The number of ketones is 1. The first-order chi connectivity index (χ1) is 17.8. The number of hydrogen-bond donors (Lipinski definition) is 1. The summed E-state index contributed by atoms with van der Waals surface area (Å²) in [6, 6.07) is 17.4. The van der Waals surface area contributed by atoms with E-state index in [0.717, 1.165) is 5.56 Å². The number of hydrogen-bond acceptors (Lipinski definition) is 7.